The standard InChI is InChI=1S/C22H28F2O5/c1-18-6-4-12(26)8-15(18)20(3,23)9-14-13-5-7-21(29,17(28)11-25)19(13,2)10-16(27)22(14,18)24/h4,6,8,13-14,16,25,27,29H,5,7,9-11H2,1-3H3/t13-,14-,16?,18-,19-,20?,21-,22-/m0/s1. The molecule has 3 fully saturated rings. The van der Waals surface area contributed by atoms with E-state index in [2.05, 4.69) is 0 Å². The highest BCUT2D eigenvalue weighted by Crippen LogP contribution is 2.71. The molecule has 2 unspecified atom stereocenters. The number of hydrogen-bond donors (Lipinski definition) is 3. The first kappa shape index (κ1) is 20.8. The van der Waals surface area contributed by atoms with Crippen molar-refractivity contribution < 1.29 is 33.7 Å². The number of hydrogen-bond acceptors (Lipinski definition) is 5. The Balaban J connectivity index is 1.88. The second-order valence-corrected chi connectivity index (χ2v) is 10.00. The molecule has 0 aliphatic heterocycles. The predicted octanol–water partition coefficient (Wildman–Crippen LogP) is 1.99. The van der Waals surface area contributed by atoms with E-state index >= 15 is 8.78 Å². The Morgan fingerprint density at radius 1 is 1.21 bits per heavy atom. The summed E-state index contributed by atoms with van der Waals surface area (Å²) in [5.74, 6) is -2.69. The summed E-state index contributed by atoms with van der Waals surface area (Å²) < 4.78 is 32.7. The molecule has 0 radical (unpaired) electrons. The quantitative estimate of drug-likeness (QED) is 0.647. The minimum Gasteiger partial charge on any atom is -0.390 e. The normalized spacial score (nSPS) is 53.7. The molecule has 3 N–H and O–H groups in total. The van der Waals surface area contributed by atoms with Gasteiger partial charge in [0.15, 0.2) is 17.2 Å². The van der Waals surface area contributed by atoms with Gasteiger partial charge in [-0.2, -0.15) is 0 Å². The number of ketones is 2. The van der Waals surface area contributed by atoms with Crippen LogP contribution in [0.15, 0.2) is 23.8 Å². The lowest BCUT2D eigenvalue weighted by Gasteiger charge is -2.64. The van der Waals surface area contributed by atoms with Gasteiger partial charge in [-0.05, 0) is 63.2 Å². The van der Waals surface area contributed by atoms with Gasteiger partial charge in [-0.25, -0.2) is 8.78 Å². The van der Waals surface area contributed by atoms with Crippen molar-refractivity contribution in [2.24, 2.45) is 22.7 Å². The lowest BCUT2D eigenvalue weighted by Crippen LogP contribution is -2.71. The van der Waals surface area contributed by atoms with Gasteiger partial charge in [-0.15, -0.1) is 0 Å². The van der Waals surface area contributed by atoms with Gasteiger partial charge in [0.05, 0.1) is 6.10 Å². The Morgan fingerprint density at radius 3 is 2.48 bits per heavy atom. The summed E-state index contributed by atoms with van der Waals surface area (Å²) in [7, 11) is 0. The molecule has 4 aliphatic carbocycles. The second kappa shape index (κ2) is 5.83. The van der Waals surface area contributed by atoms with Crippen molar-refractivity contribution in [2.75, 3.05) is 6.61 Å². The molecule has 160 valence electrons. The molecule has 5 nitrogen and oxygen atoms in total. The summed E-state index contributed by atoms with van der Waals surface area (Å²) in [6, 6.07) is 0. The van der Waals surface area contributed by atoms with Crippen molar-refractivity contribution in [3.63, 3.8) is 0 Å². The number of rotatable bonds is 2. The van der Waals surface area contributed by atoms with Crippen LogP contribution in [-0.4, -0.2) is 56.5 Å². The average molecular weight is 410 g/mol. The smallest absolute Gasteiger partial charge is 0.190 e. The zero-order valence-corrected chi connectivity index (χ0v) is 16.9. The van der Waals surface area contributed by atoms with E-state index in [0.29, 0.717) is 0 Å². The highest BCUT2D eigenvalue weighted by Gasteiger charge is 2.76. The van der Waals surface area contributed by atoms with Crippen molar-refractivity contribution >= 4 is 11.6 Å². The lowest BCUT2D eigenvalue weighted by molar-refractivity contribution is -0.227. The van der Waals surface area contributed by atoms with Crippen molar-refractivity contribution in [1.29, 1.82) is 0 Å². The van der Waals surface area contributed by atoms with Crippen LogP contribution in [0.4, 0.5) is 8.78 Å². The van der Waals surface area contributed by atoms with Crippen LogP contribution in [0.5, 0.6) is 0 Å². The first-order valence-electron chi connectivity index (χ1n) is 10.2. The van der Waals surface area contributed by atoms with Crippen molar-refractivity contribution in [3.05, 3.63) is 23.8 Å². The summed E-state index contributed by atoms with van der Waals surface area (Å²) in [4.78, 5) is 24.3. The van der Waals surface area contributed by atoms with E-state index in [0.717, 1.165) is 6.08 Å². The molecule has 0 bridgehead atoms. The molecular formula is C22H28F2O5. The van der Waals surface area contributed by atoms with Crippen LogP contribution in [0.25, 0.3) is 0 Å². The SMILES string of the molecule is CC1(F)C[C@H]2[C@@H]3CC[C@](O)(C(=O)CO)[C@@]3(C)CC(O)[C@]2(F)[C@@]2(C)C=CC(=O)C=C12. The van der Waals surface area contributed by atoms with Gasteiger partial charge in [-0.1, -0.05) is 13.0 Å². The molecule has 4 aliphatic rings. The minimum atomic E-state index is -2.25. The van der Waals surface area contributed by atoms with Crippen LogP contribution in [0, 0.1) is 22.7 Å². The molecule has 8 atom stereocenters. The zero-order chi connectivity index (χ0) is 21.6. The highest BCUT2D eigenvalue weighted by atomic mass is 19.1. The van der Waals surface area contributed by atoms with E-state index in [1.165, 1.54) is 26.0 Å². The van der Waals surface area contributed by atoms with Crippen LogP contribution in [0.1, 0.15) is 46.5 Å². The van der Waals surface area contributed by atoms with Gasteiger partial charge in [-0.3, -0.25) is 9.59 Å². The molecule has 0 saturated heterocycles. The topological polar surface area (TPSA) is 94.8 Å². The molecule has 7 heteroatoms. The van der Waals surface area contributed by atoms with E-state index in [-0.39, 0.29) is 31.3 Å². The number of halogens is 2. The number of allylic oxidation sites excluding steroid dienone is 4. The summed E-state index contributed by atoms with van der Waals surface area (Å²) in [6.07, 6.45) is 2.00. The molecule has 0 aromatic carbocycles. The largest absolute Gasteiger partial charge is 0.390 e. The third-order valence-corrected chi connectivity index (χ3v) is 8.70. The van der Waals surface area contributed by atoms with E-state index in [9.17, 15) is 24.9 Å². The Kier molecular flexibility index (Phi) is 4.18. The molecule has 3 saturated carbocycles. The molecular weight excluding hydrogens is 382 g/mol. The lowest BCUT2D eigenvalue weighted by atomic mass is 9.43. The number of fused-ring (bicyclic) bond motifs is 5. The molecule has 0 spiro atoms. The van der Waals surface area contributed by atoms with E-state index in [4.69, 9.17) is 0 Å². The fourth-order valence-electron chi connectivity index (χ4n) is 7.17. The zero-order valence-electron chi connectivity index (χ0n) is 16.9. The number of carbonyl (C=O) groups excluding carboxylic acids is 2. The Morgan fingerprint density at radius 2 is 1.86 bits per heavy atom. The number of alkyl halides is 2. The molecule has 0 heterocycles. The van der Waals surface area contributed by atoms with Gasteiger partial charge in [0.1, 0.15) is 17.9 Å². The minimum absolute atomic E-state index is 0.0265. The highest BCUT2D eigenvalue weighted by molar-refractivity contribution is 6.01. The molecule has 4 rings (SSSR count). The summed E-state index contributed by atoms with van der Waals surface area (Å²) in [6.45, 7) is 3.61. The third-order valence-electron chi connectivity index (χ3n) is 8.70. The molecule has 29 heavy (non-hydrogen) atoms. The van der Waals surface area contributed by atoms with Gasteiger partial charge >= 0.3 is 0 Å². The first-order valence-corrected chi connectivity index (χ1v) is 10.2. The van der Waals surface area contributed by atoms with E-state index < -0.39 is 63.9 Å². The number of Topliss-reactive ketones (excluding diaryl/α,β-unsaturated/α-hetero) is 1. The van der Waals surface area contributed by atoms with Crippen LogP contribution in [0.3, 0.4) is 0 Å². The number of aliphatic hydroxyl groups excluding tert-OH is 2. The maximum Gasteiger partial charge on any atom is 0.190 e. The monoisotopic (exact) mass is 410 g/mol. The van der Waals surface area contributed by atoms with Gasteiger partial charge in [0, 0.05) is 16.7 Å². The molecule has 0 amide bonds. The predicted molar refractivity (Wildman–Crippen MR) is 100 cm³/mol. The maximum atomic E-state index is 16.9. The summed E-state index contributed by atoms with van der Waals surface area (Å²) in [5.41, 5.74) is -8.80. The van der Waals surface area contributed by atoms with E-state index in [1.54, 1.807) is 6.92 Å². The number of aliphatic hydroxyl groups is 3. The Bertz CT molecular complexity index is 850. The van der Waals surface area contributed by atoms with Crippen LogP contribution >= 0.6 is 0 Å². The van der Waals surface area contributed by atoms with Gasteiger partial charge < -0.3 is 15.3 Å². The van der Waals surface area contributed by atoms with Crippen LogP contribution in [-0.2, 0) is 9.59 Å². The number of carbonyl (C=O) groups is 2. The fraction of sp³-hybridized carbons (Fsp3) is 0.727. The van der Waals surface area contributed by atoms with Gasteiger partial charge in [0.2, 0.25) is 0 Å². The first-order chi connectivity index (χ1) is 13.3. The summed E-state index contributed by atoms with van der Waals surface area (Å²) in [5, 5.41) is 31.6. The second-order valence-electron chi connectivity index (χ2n) is 10.00. The fourth-order valence-corrected chi connectivity index (χ4v) is 7.17. The Labute approximate surface area is 168 Å². The molecule has 0 aromatic heterocycles. The van der Waals surface area contributed by atoms with Crippen LogP contribution in [0.2, 0.25) is 0 Å². The summed E-state index contributed by atoms with van der Waals surface area (Å²) >= 11 is 0. The van der Waals surface area contributed by atoms with Gasteiger partial charge in [0.25, 0.3) is 0 Å². The van der Waals surface area contributed by atoms with E-state index in [1.807, 2.05) is 0 Å². The maximum absolute atomic E-state index is 16.9. The van der Waals surface area contributed by atoms with Crippen molar-refractivity contribution in [2.45, 2.75) is 69.5 Å². The third kappa shape index (κ3) is 2.24. The average Bonchev–Trinajstić information content (AvgIpc) is 2.91. The van der Waals surface area contributed by atoms with Crippen LogP contribution < -0.4 is 0 Å². The molecule has 0 aromatic rings. The van der Waals surface area contributed by atoms with Crippen molar-refractivity contribution in [3.8, 4) is 0 Å². The van der Waals surface area contributed by atoms with Crippen molar-refractivity contribution in [1.82, 2.24) is 0 Å². The Hall–Kier alpha value is -1.44.